The van der Waals surface area contributed by atoms with Crippen molar-refractivity contribution in [2.24, 2.45) is 0 Å². The fourth-order valence-corrected chi connectivity index (χ4v) is 0. The van der Waals surface area contributed by atoms with Gasteiger partial charge in [-0.25, -0.2) is 0 Å². The second-order valence-electron chi connectivity index (χ2n) is 3.45. The Bertz CT molecular complexity index is 109. The molecule has 0 heterocycles. The van der Waals surface area contributed by atoms with Crippen LogP contribution in [0.3, 0.4) is 0 Å². The molecule has 0 nitrogen and oxygen atoms in total. The Hall–Kier alpha value is 0.285. The van der Waals surface area contributed by atoms with E-state index in [2.05, 4.69) is 32.5 Å². The highest BCUT2D eigenvalue weighted by molar-refractivity contribution is 8.45. The van der Waals surface area contributed by atoms with Gasteiger partial charge in [-0.15, -0.1) is 0 Å². The standard InChI is InChI=1S/C5H15BS/c1-7(2,3,4)5-6/h1,5-6H2,2-4H3. The summed E-state index contributed by atoms with van der Waals surface area (Å²) in [7, 11) is 1.09. The Morgan fingerprint density at radius 3 is 1.57 bits per heavy atom. The van der Waals surface area contributed by atoms with Crippen LogP contribution in [0.15, 0.2) is 0 Å². The molecule has 0 atom stereocenters. The average Bonchev–Trinajstić information content (AvgIpc) is 1.32. The van der Waals surface area contributed by atoms with Gasteiger partial charge >= 0.3 is 0 Å². The molecule has 0 fully saturated rings. The molecule has 0 aromatic heterocycles. The number of rotatable bonds is 1. The summed E-state index contributed by atoms with van der Waals surface area (Å²) in [4.78, 5) is 0. The second kappa shape index (κ2) is 1.38. The van der Waals surface area contributed by atoms with Gasteiger partial charge in [0.05, 0.1) is 0 Å². The quantitative estimate of drug-likeness (QED) is 0.341. The van der Waals surface area contributed by atoms with Crippen molar-refractivity contribution in [1.29, 1.82) is 0 Å². The van der Waals surface area contributed by atoms with Crippen molar-refractivity contribution < 1.29 is 0 Å². The van der Waals surface area contributed by atoms with E-state index in [9.17, 15) is 0 Å². The van der Waals surface area contributed by atoms with Gasteiger partial charge in [0.1, 0.15) is 7.85 Å². The van der Waals surface area contributed by atoms with E-state index in [0.717, 1.165) is 0 Å². The van der Waals surface area contributed by atoms with Crippen molar-refractivity contribution >= 4 is 22.5 Å². The van der Waals surface area contributed by atoms with Crippen molar-refractivity contribution in [2.75, 3.05) is 24.4 Å². The van der Waals surface area contributed by atoms with E-state index >= 15 is 0 Å². The summed E-state index contributed by atoms with van der Waals surface area (Å²) in [5.41, 5.74) is 1.23. The van der Waals surface area contributed by atoms with Gasteiger partial charge in [-0.3, -0.25) is 8.75 Å². The first-order valence-electron chi connectivity index (χ1n) is 2.51. The fraction of sp³-hybridized carbons (Fsp3) is 0.800. The van der Waals surface area contributed by atoms with E-state index < -0.39 is 8.75 Å². The molecule has 0 aromatic carbocycles. The molecular weight excluding hydrogens is 103 g/mol. The lowest BCUT2D eigenvalue weighted by Gasteiger charge is -2.33. The third-order valence-corrected chi connectivity index (χ3v) is 3.21. The van der Waals surface area contributed by atoms with Gasteiger partial charge in [-0.1, -0.05) is 11.5 Å². The Morgan fingerprint density at radius 1 is 1.43 bits per heavy atom. The number of hydrogen-bond donors (Lipinski definition) is 0. The molecule has 0 saturated heterocycles. The molecule has 0 aliphatic rings. The Kier molecular flexibility index (Phi) is 1.43. The molecule has 0 aromatic rings. The molecule has 44 valence electrons. The van der Waals surface area contributed by atoms with Gasteiger partial charge in [0.25, 0.3) is 0 Å². The first-order valence-corrected chi connectivity index (χ1v) is 6.11. The molecule has 0 saturated carbocycles. The Balaban J connectivity index is 4.14. The molecule has 0 unspecified atom stereocenters. The van der Waals surface area contributed by atoms with Gasteiger partial charge in [-0.2, -0.15) is 0 Å². The van der Waals surface area contributed by atoms with Crippen molar-refractivity contribution in [3.63, 3.8) is 0 Å². The van der Waals surface area contributed by atoms with Gasteiger partial charge in [0.15, 0.2) is 0 Å². The van der Waals surface area contributed by atoms with Gasteiger partial charge in [-0.05, 0) is 18.8 Å². The molecule has 0 aliphatic carbocycles. The maximum Gasteiger partial charge on any atom is 0.111 e. The van der Waals surface area contributed by atoms with Crippen LogP contribution >= 0.6 is 8.75 Å². The third-order valence-electron chi connectivity index (χ3n) is 1.07. The SMILES string of the molecule is BCS(=C)(C)(C)C. The fourth-order valence-electron chi connectivity index (χ4n) is 0. The molecule has 0 rings (SSSR count). The summed E-state index contributed by atoms with van der Waals surface area (Å²) in [5, 5.41) is 0. The van der Waals surface area contributed by atoms with Crippen LogP contribution < -0.4 is 0 Å². The topological polar surface area (TPSA) is 0 Å². The lowest BCUT2D eigenvalue weighted by Crippen LogP contribution is -2.05. The second-order valence-corrected chi connectivity index (χ2v) is 10.3. The normalized spacial score (nSPS) is 17.9. The van der Waals surface area contributed by atoms with Crippen LogP contribution in [0.1, 0.15) is 0 Å². The predicted octanol–water partition coefficient (Wildman–Crippen LogP) is 0.239. The molecule has 0 spiro atoms. The highest BCUT2D eigenvalue weighted by Gasteiger charge is 2.05. The minimum absolute atomic E-state index is 1.12. The monoisotopic (exact) mass is 118 g/mol. The van der Waals surface area contributed by atoms with E-state index in [1.807, 2.05) is 0 Å². The highest BCUT2D eigenvalue weighted by Crippen LogP contribution is 2.42. The van der Waals surface area contributed by atoms with Crippen molar-refractivity contribution in [3.8, 4) is 0 Å². The van der Waals surface area contributed by atoms with E-state index in [0.29, 0.717) is 0 Å². The average molecular weight is 118 g/mol. The van der Waals surface area contributed by atoms with Crippen LogP contribution in [0, 0.1) is 0 Å². The lowest BCUT2D eigenvalue weighted by atomic mass is 10.2. The molecule has 0 bridgehead atoms. The first-order chi connectivity index (χ1) is 2.81. The van der Waals surface area contributed by atoms with Crippen LogP contribution in [0.2, 0.25) is 0 Å². The summed E-state index contributed by atoms with van der Waals surface area (Å²) < 4.78 is 0. The zero-order valence-electron chi connectivity index (χ0n) is 5.82. The number of hydrogen-bond acceptors (Lipinski definition) is 0. The molecule has 0 N–H and O–H groups in total. The first kappa shape index (κ1) is 7.28. The van der Waals surface area contributed by atoms with E-state index in [1.54, 1.807) is 0 Å². The van der Waals surface area contributed by atoms with E-state index in [1.165, 1.54) is 5.65 Å². The molecule has 0 radical (unpaired) electrons. The zero-order chi connectivity index (χ0) is 6.15. The van der Waals surface area contributed by atoms with Crippen LogP contribution in [-0.4, -0.2) is 38.1 Å². The van der Waals surface area contributed by atoms with E-state index in [-0.39, 0.29) is 0 Å². The Labute approximate surface area is 47.6 Å². The van der Waals surface area contributed by atoms with Crippen LogP contribution in [-0.2, 0) is 0 Å². The minimum Gasteiger partial charge on any atom is -0.265 e. The summed E-state index contributed by atoms with van der Waals surface area (Å²) in [6.07, 6.45) is 6.78. The molecule has 7 heavy (non-hydrogen) atoms. The van der Waals surface area contributed by atoms with Gasteiger partial charge < -0.3 is 0 Å². The van der Waals surface area contributed by atoms with Crippen molar-refractivity contribution in [2.45, 2.75) is 0 Å². The third kappa shape index (κ3) is 6.28. The van der Waals surface area contributed by atoms with Crippen molar-refractivity contribution in [3.05, 3.63) is 0 Å². The smallest absolute Gasteiger partial charge is 0.111 e. The van der Waals surface area contributed by atoms with Gasteiger partial charge in [0.2, 0.25) is 0 Å². The van der Waals surface area contributed by atoms with Crippen LogP contribution in [0.4, 0.5) is 0 Å². The maximum atomic E-state index is 4.13. The van der Waals surface area contributed by atoms with Gasteiger partial charge in [0, 0.05) is 0 Å². The summed E-state index contributed by atoms with van der Waals surface area (Å²) >= 11 is 0. The largest absolute Gasteiger partial charge is 0.265 e. The highest BCUT2D eigenvalue weighted by atomic mass is 32.3. The zero-order valence-corrected chi connectivity index (χ0v) is 6.64. The minimum atomic E-state index is -1.12. The van der Waals surface area contributed by atoms with E-state index in [4.69, 9.17) is 0 Å². The maximum absolute atomic E-state index is 4.13. The summed E-state index contributed by atoms with van der Waals surface area (Å²) in [6.45, 7) is 0. The molecule has 0 aliphatic heterocycles. The summed E-state index contributed by atoms with van der Waals surface area (Å²) in [5.74, 6) is 4.13. The molecule has 2 heteroatoms. The molecule has 0 amide bonds. The van der Waals surface area contributed by atoms with Crippen LogP contribution in [0.25, 0.3) is 0 Å². The van der Waals surface area contributed by atoms with Crippen molar-refractivity contribution in [1.82, 2.24) is 0 Å². The summed E-state index contributed by atoms with van der Waals surface area (Å²) in [6, 6.07) is 0. The lowest BCUT2D eigenvalue weighted by molar-refractivity contribution is 1.94. The van der Waals surface area contributed by atoms with Crippen LogP contribution in [0.5, 0.6) is 0 Å². The molecular formula is C5H15BS. The predicted molar refractivity (Wildman–Crippen MR) is 45.9 cm³/mol. The Morgan fingerprint density at radius 2 is 1.57 bits per heavy atom.